The maximum absolute atomic E-state index is 13.6. The monoisotopic (exact) mass is 497 g/mol. The highest BCUT2D eigenvalue weighted by molar-refractivity contribution is 6.32. The summed E-state index contributed by atoms with van der Waals surface area (Å²) in [5, 5.41) is 9.32. The van der Waals surface area contributed by atoms with Gasteiger partial charge in [-0.25, -0.2) is 9.59 Å². The Kier molecular flexibility index (Phi) is 8.01. The molecule has 0 saturated carbocycles. The number of carbonyl (C=O) groups is 2. The van der Waals surface area contributed by atoms with E-state index in [-0.39, 0.29) is 11.3 Å². The molecule has 14 heteroatoms. The number of hydrogen-bond acceptors (Lipinski definition) is 9. The summed E-state index contributed by atoms with van der Waals surface area (Å²) in [4.78, 5) is 38.3. The molecule has 0 radical (unpaired) electrons. The highest BCUT2D eigenvalue weighted by atomic mass is 35.5. The summed E-state index contributed by atoms with van der Waals surface area (Å²) in [7, 11) is 0. The van der Waals surface area contributed by atoms with Crippen LogP contribution < -0.4 is 4.74 Å². The number of nitrogens with zero attached hydrogens (tertiary/aromatic N) is 1. The van der Waals surface area contributed by atoms with Crippen molar-refractivity contribution in [3.05, 3.63) is 43.5 Å². The molecule has 182 valence electrons. The van der Waals surface area contributed by atoms with Crippen molar-refractivity contribution in [2.45, 2.75) is 52.4 Å². The summed E-state index contributed by atoms with van der Waals surface area (Å²) in [6.07, 6.45) is -10.8. The number of esters is 1. The number of fused-ring (bicyclic) bond motifs is 1. The predicted octanol–water partition coefficient (Wildman–Crippen LogP) is 4.30. The molecule has 3 unspecified atom stereocenters. The number of hydrogen-bond donors (Lipinski definition) is 0. The van der Waals surface area contributed by atoms with Crippen LogP contribution in [0.25, 0.3) is 6.08 Å². The van der Waals surface area contributed by atoms with Crippen LogP contribution in [0.3, 0.4) is 0 Å². The average Bonchev–Trinajstić information content (AvgIpc) is 2.68. The Labute approximate surface area is 190 Å². The minimum atomic E-state index is -4.96. The molecule has 0 amide bonds. The lowest BCUT2D eigenvalue weighted by Crippen LogP contribution is -2.41. The zero-order valence-corrected chi connectivity index (χ0v) is 18.5. The molecule has 0 spiro atoms. The van der Waals surface area contributed by atoms with E-state index in [9.17, 15) is 32.9 Å². The maximum atomic E-state index is 13.6. The third-order valence-electron chi connectivity index (χ3n) is 4.30. The first kappa shape index (κ1) is 26.0. The fourth-order valence-corrected chi connectivity index (χ4v) is 2.97. The Morgan fingerprint density at radius 3 is 2.45 bits per heavy atom. The van der Waals surface area contributed by atoms with E-state index in [1.807, 2.05) is 0 Å². The van der Waals surface area contributed by atoms with E-state index >= 15 is 0 Å². The van der Waals surface area contributed by atoms with Crippen molar-refractivity contribution in [2.24, 2.45) is 0 Å². The fourth-order valence-electron chi connectivity index (χ4n) is 2.81. The zero-order chi connectivity index (χ0) is 25.1. The van der Waals surface area contributed by atoms with E-state index in [1.165, 1.54) is 13.0 Å². The number of halogens is 4. The number of ether oxygens (including phenoxy) is 4. The maximum Gasteiger partial charge on any atom is 0.511 e. The highest BCUT2D eigenvalue weighted by Crippen LogP contribution is 2.41. The zero-order valence-electron chi connectivity index (χ0n) is 17.7. The van der Waals surface area contributed by atoms with Gasteiger partial charge in [-0.2, -0.15) is 13.2 Å². The molecule has 0 fully saturated rings. The van der Waals surface area contributed by atoms with Crippen molar-refractivity contribution in [1.82, 2.24) is 0 Å². The van der Waals surface area contributed by atoms with Gasteiger partial charge < -0.3 is 23.8 Å². The molecule has 1 aromatic rings. The molecule has 0 aliphatic carbocycles. The molecule has 1 aromatic carbocycles. The van der Waals surface area contributed by atoms with Gasteiger partial charge in [0.15, 0.2) is 0 Å². The summed E-state index contributed by atoms with van der Waals surface area (Å²) in [6, 6.07) is 1.33. The van der Waals surface area contributed by atoms with Crippen LogP contribution in [-0.4, -0.2) is 48.5 Å². The molecule has 0 aromatic heterocycles. The number of benzene rings is 1. The molecule has 2 rings (SSSR count). The second kappa shape index (κ2) is 10.1. The van der Waals surface area contributed by atoms with Crippen molar-refractivity contribution in [3.8, 4) is 5.75 Å². The van der Waals surface area contributed by atoms with Crippen molar-refractivity contribution in [2.75, 3.05) is 6.61 Å². The molecule has 3 atom stereocenters. The normalized spacial score (nSPS) is 17.0. The Bertz CT molecular complexity index is 980. The molecular formula is C19H19ClF3NO9. The molecule has 1 aliphatic heterocycles. The largest absolute Gasteiger partial charge is 0.511 e. The van der Waals surface area contributed by atoms with Crippen LogP contribution >= 0.6 is 11.6 Å². The van der Waals surface area contributed by atoms with Gasteiger partial charge in [-0.3, -0.25) is 0 Å². The van der Waals surface area contributed by atoms with Gasteiger partial charge in [0.05, 0.1) is 5.57 Å². The lowest BCUT2D eigenvalue weighted by atomic mass is 9.96. The van der Waals surface area contributed by atoms with Gasteiger partial charge in [0.2, 0.25) is 12.4 Å². The highest BCUT2D eigenvalue weighted by Gasteiger charge is 2.49. The Morgan fingerprint density at radius 1 is 1.24 bits per heavy atom. The second-order valence-corrected chi connectivity index (χ2v) is 7.35. The minimum Gasteiger partial charge on any atom is -0.475 e. The molecule has 0 bridgehead atoms. The van der Waals surface area contributed by atoms with Crippen LogP contribution in [0.15, 0.2) is 11.6 Å². The van der Waals surface area contributed by atoms with Gasteiger partial charge in [0.1, 0.15) is 18.5 Å². The SMILES string of the molecule is Cc1cc2c(c(C)c1Cl)C=C(C(=O)OC(C)OC(=O)OC(C)CO[N+](=O)[O-])C(C(F)(F)F)O2. The van der Waals surface area contributed by atoms with Gasteiger partial charge in [-0.1, -0.05) is 11.6 Å². The smallest absolute Gasteiger partial charge is 0.475 e. The summed E-state index contributed by atoms with van der Waals surface area (Å²) in [5.41, 5.74) is 0.184. The third-order valence-corrected chi connectivity index (χ3v) is 4.88. The van der Waals surface area contributed by atoms with E-state index in [1.54, 1.807) is 13.8 Å². The van der Waals surface area contributed by atoms with Gasteiger partial charge in [0, 0.05) is 17.5 Å². The van der Waals surface area contributed by atoms with Gasteiger partial charge in [-0.05, 0) is 44.0 Å². The van der Waals surface area contributed by atoms with E-state index in [0.717, 1.165) is 13.0 Å². The van der Waals surface area contributed by atoms with Crippen molar-refractivity contribution in [3.63, 3.8) is 0 Å². The summed E-state index contributed by atoms with van der Waals surface area (Å²) < 4.78 is 59.9. The van der Waals surface area contributed by atoms with E-state index in [2.05, 4.69) is 14.3 Å². The molecule has 10 nitrogen and oxygen atoms in total. The van der Waals surface area contributed by atoms with Crippen molar-refractivity contribution >= 4 is 29.8 Å². The first-order chi connectivity index (χ1) is 15.2. The standard InChI is InChI=1S/C19H19ClF3NO9/c1-8-5-14-12(10(3)15(8)20)6-13(16(33-14)19(21,22)23)17(25)31-11(4)32-18(26)30-9(2)7-29-24(27)28/h5-6,9,11,16H,7H2,1-4H3. The first-order valence-electron chi connectivity index (χ1n) is 9.30. The summed E-state index contributed by atoms with van der Waals surface area (Å²) in [6.45, 7) is 4.87. The lowest BCUT2D eigenvalue weighted by molar-refractivity contribution is -0.759. The van der Waals surface area contributed by atoms with Crippen LogP contribution in [0.2, 0.25) is 5.02 Å². The average molecular weight is 498 g/mol. The first-order valence-corrected chi connectivity index (χ1v) is 9.68. The molecule has 0 N–H and O–H groups in total. The van der Waals surface area contributed by atoms with Crippen LogP contribution in [-0.2, 0) is 23.8 Å². The Hall–Kier alpha value is -3.22. The van der Waals surface area contributed by atoms with Gasteiger partial charge in [0.25, 0.3) is 5.09 Å². The van der Waals surface area contributed by atoms with Crippen LogP contribution in [0, 0.1) is 24.0 Å². The Balaban J connectivity index is 2.16. The number of aryl methyl sites for hydroxylation is 1. The van der Waals surface area contributed by atoms with Crippen LogP contribution in [0.4, 0.5) is 18.0 Å². The van der Waals surface area contributed by atoms with E-state index < -0.39 is 54.1 Å². The van der Waals surface area contributed by atoms with Gasteiger partial charge >= 0.3 is 18.3 Å². The molecule has 1 heterocycles. The summed E-state index contributed by atoms with van der Waals surface area (Å²) in [5.74, 6) is -1.56. The predicted molar refractivity (Wildman–Crippen MR) is 105 cm³/mol. The third kappa shape index (κ3) is 6.63. The molecule has 0 saturated heterocycles. The van der Waals surface area contributed by atoms with E-state index in [4.69, 9.17) is 21.1 Å². The molecule has 1 aliphatic rings. The molecular weight excluding hydrogens is 479 g/mol. The van der Waals surface area contributed by atoms with Crippen LogP contribution in [0.1, 0.15) is 30.5 Å². The second-order valence-electron chi connectivity index (χ2n) is 6.97. The number of carbonyl (C=O) groups excluding carboxylic acids is 2. The van der Waals surface area contributed by atoms with E-state index in [0.29, 0.717) is 16.1 Å². The van der Waals surface area contributed by atoms with Gasteiger partial charge in [-0.15, -0.1) is 10.1 Å². The Morgan fingerprint density at radius 2 is 1.88 bits per heavy atom. The van der Waals surface area contributed by atoms with Crippen molar-refractivity contribution in [1.29, 1.82) is 0 Å². The topological polar surface area (TPSA) is 123 Å². The lowest BCUT2D eigenvalue weighted by Gasteiger charge is -2.29. The van der Waals surface area contributed by atoms with Crippen molar-refractivity contribution < 1.29 is 51.6 Å². The molecule has 33 heavy (non-hydrogen) atoms. The van der Waals surface area contributed by atoms with Crippen LogP contribution in [0.5, 0.6) is 5.75 Å². The summed E-state index contributed by atoms with van der Waals surface area (Å²) >= 11 is 6.15. The fraction of sp³-hybridized carbons (Fsp3) is 0.474. The number of rotatable bonds is 7. The quantitative estimate of drug-likeness (QED) is 0.234. The number of alkyl halides is 3. The minimum absolute atomic E-state index is 0.105.